The molecule has 2 aliphatic rings. The highest BCUT2D eigenvalue weighted by molar-refractivity contribution is 5.97. The van der Waals surface area contributed by atoms with Crippen LogP contribution in [0.25, 0.3) is 10.8 Å². The minimum absolute atomic E-state index is 0.148. The second-order valence-electron chi connectivity index (χ2n) is 7.39. The van der Waals surface area contributed by atoms with E-state index in [0.717, 1.165) is 39.1 Å². The molecule has 1 aromatic carbocycles. The maximum atomic E-state index is 11.4. The van der Waals surface area contributed by atoms with Gasteiger partial charge in [0, 0.05) is 74.0 Å². The van der Waals surface area contributed by atoms with Crippen molar-refractivity contribution in [3.8, 4) is 0 Å². The molecule has 1 fully saturated rings. The minimum atomic E-state index is 0.148. The predicted octanol–water partition coefficient (Wildman–Crippen LogP) is 2.59. The summed E-state index contributed by atoms with van der Waals surface area (Å²) in [5.74, 6) is 0.148. The van der Waals surface area contributed by atoms with Gasteiger partial charge in [0.25, 0.3) is 0 Å². The summed E-state index contributed by atoms with van der Waals surface area (Å²) < 4.78 is 0. The zero-order valence-electron chi connectivity index (χ0n) is 15.6. The van der Waals surface area contributed by atoms with Crippen LogP contribution in [-0.2, 0) is 11.2 Å². The van der Waals surface area contributed by atoms with Crippen molar-refractivity contribution in [2.75, 3.05) is 37.6 Å². The van der Waals surface area contributed by atoms with Crippen molar-refractivity contribution in [2.45, 2.75) is 38.6 Å². The van der Waals surface area contributed by atoms with Crippen LogP contribution in [0.5, 0.6) is 0 Å². The van der Waals surface area contributed by atoms with E-state index in [9.17, 15) is 4.79 Å². The fraction of sp³-hybridized carbons (Fsp3) is 0.524. The number of carbonyl (C=O) groups is 1. The van der Waals surface area contributed by atoms with Crippen molar-refractivity contribution < 1.29 is 4.79 Å². The van der Waals surface area contributed by atoms with Crippen LogP contribution < -0.4 is 10.2 Å². The third-order valence-electron chi connectivity index (χ3n) is 5.84. The maximum absolute atomic E-state index is 11.4. The molecule has 0 atom stereocenters. The molecule has 5 heteroatoms. The number of rotatable bonds is 5. The lowest BCUT2D eigenvalue weighted by Gasteiger charge is -2.42. The summed E-state index contributed by atoms with van der Waals surface area (Å²) in [5, 5.41) is 5.64. The molecule has 2 aromatic rings. The number of hydrogen-bond donors (Lipinski definition) is 1. The molecule has 5 nitrogen and oxygen atoms in total. The molecule has 3 heterocycles. The Balaban J connectivity index is 1.40. The number of anilines is 1. The first-order valence-electron chi connectivity index (χ1n) is 9.87. The fourth-order valence-electron chi connectivity index (χ4n) is 4.39. The van der Waals surface area contributed by atoms with Gasteiger partial charge in [0.1, 0.15) is 0 Å². The van der Waals surface area contributed by atoms with Crippen molar-refractivity contribution in [1.29, 1.82) is 0 Å². The van der Waals surface area contributed by atoms with Gasteiger partial charge in [-0.3, -0.25) is 9.78 Å². The fourth-order valence-corrected chi connectivity index (χ4v) is 4.39. The number of amides is 1. The normalized spacial score (nSPS) is 18.3. The smallest absolute Gasteiger partial charge is 0.219 e. The van der Waals surface area contributed by atoms with Crippen LogP contribution in [0.3, 0.4) is 0 Å². The summed E-state index contributed by atoms with van der Waals surface area (Å²) in [5.41, 5.74) is 2.78. The highest BCUT2D eigenvalue weighted by atomic mass is 16.1. The van der Waals surface area contributed by atoms with E-state index in [1.165, 1.54) is 34.9 Å². The Morgan fingerprint density at radius 2 is 2.08 bits per heavy atom. The lowest BCUT2D eigenvalue weighted by atomic mass is 9.94. The lowest BCUT2D eigenvalue weighted by molar-refractivity contribution is -0.120. The monoisotopic (exact) mass is 352 g/mol. The quantitative estimate of drug-likeness (QED) is 0.899. The maximum Gasteiger partial charge on any atom is 0.219 e. The van der Waals surface area contributed by atoms with Gasteiger partial charge in [-0.2, -0.15) is 0 Å². The average Bonchev–Trinajstić information content (AvgIpc) is 2.69. The number of hydrogen-bond acceptors (Lipinski definition) is 4. The average molecular weight is 352 g/mol. The molecule has 1 amide bonds. The van der Waals surface area contributed by atoms with E-state index in [-0.39, 0.29) is 5.91 Å². The molecule has 0 saturated carbocycles. The van der Waals surface area contributed by atoms with Crippen LogP contribution in [0.1, 0.15) is 31.7 Å². The number of pyridine rings is 1. The molecule has 4 rings (SSSR count). The first-order chi connectivity index (χ1) is 12.8. The molecule has 1 saturated heterocycles. The number of nitrogens with one attached hydrogen (secondary N) is 1. The first-order valence-corrected chi connectivity index (χ1v) is 9.87. The first kappa shape index (κ1) is 17.3. The van der Waals surface area contributed by atoms with Crippen molar-refractivity contribution >= 4 is 22.4 Å². The summed E-state index contributed by atoms with van der Waals surface area (Å²) in [4.78, 5) is 20.9. The molecule has 1 aromatic heterocycles. The molecule has 0 bridgehead atoms. The molecule has 26 heavy (non-hydrogen) atoms. The zero-order valence-corrected chi connectivity index (χ0v) is 15.6. The van der Waals surface area contributed by atoms with E-state index in [1.54, 1.807) is 0 Å². The summed E-state index contributed by atoms with van der Waals surface area (Å²) in [6, 6.07) is 7.22. The standard InChI is InChI=1S/C21H28N4O/c1-2-20(26)23-9-13-24-10-7-18(8-11-24)25-12-6-17-15-22-14-16-4-3-5-19(25)21(16)17/h3-5,14-15,18H,2,6-13H2,1H3,(H,23,26). The third-order valence-corrected chi connectivity index (χ3v) is 5.84. The van der Waals surface area contributed by atoms with Crippen molar-refractivity contribution in [3.63, 3.8) is 0 Å². The Morgan fingerprint density at radius 1 is 1.23 bits per heavy atom. The van der Waals surface area contributed by atoms with Gasteiger partial charge in [-0.25, -0.2) is 0 Å². The molecule has 138 valence electrons. The number of aromatic nitrogens is 1. The van der Waals surface area contributed by atoms with Gasteiger partial charge in [0.15, 0.2) is 0 Å². The molecule has 1 N–H and O–H groups in total. The van der Waals surface area contributed by atoms with E-state index in [0.29, 0.717) is 12.5 Å². The number of carbonyl (C=O) groups excluding carboxylic acids is 1. The Bertz CT molecular complexity index is 777. The van der Waals surface area contributed by atoms with Crippen LogP contribution in [0.2, 0.25) is 0 Å². The van der Waals surface area contributed by atoms with Gasteiger partial charge in [-0.05, 0) is 30.9 Å². The molecule has 2 aliphatic heterocycles. The van der Waals surface area contributed by atoms with Crippen LogP contribution >= 0.6 is 0 Å². The minimum Gasteiger partial charge on any atom is -0.368 e. The van der Waals surface area contributed by atoms with Crippen LogP contribution in [-0.4, -0.2) is 54.6 Å². The van der Waals surface area contributed by atoms with E-state index in [4.69, 9.17) is 0 Å². The molecule has 0 radical (unpaired) electrons. The van der Waals surface area contributed by atoms with Gasteiger partial charge in [-0.15, -0.1) is 0 Å². The van der Waals surface area contributed by atoms with Gasteiger partial charge >= 0.3 is 0 Å². The molecular formula is C21H28N4O. The summed E-state index contributed by atoms with van der Waals surface area (Å²) in [6.07, 6.45) is 8.07. The highest BCUT2D eigenvalue weighted by Crippen LogP contribution is 2.36. The van der Waals surface area contributed by atoms with Gasteiger partial charge in [-0.1, -0.05) is 19.1 Å². The molecule has 0 spiro atoms. The lowest BCUT2D eigenvalue weighted by Crippen LogP contribution is -2.48. The zero-order chi connectivity index (χ0) is 17.9. The van der Waals surface area contributed by atoms with Gasteiger partial charge < -0.3 is 15.1 Å². The van der Waals surface area contributed by atoms with E-state index in [2.05, 4.69) is 38.3 Å². The highest BCUT2D eigenvalue weighted by Gasteiger charge is 2.28. The summed E-state index contributed by atoms with van der Waals surface area (Å²) in [7, 11) is 0. The molecular weight excluding hydrogens is 324 g/mol. The number of piperidine rings is 1. The van der Waals surface area contributed by atoms with Crippen LogP contribution in [0.4, 0.5) is 5.69 Å². The number of benzene rings is 1. The van der Waals surface area contributed by atoms with Gasteiger partial charge in [0.05, 0.1) is 0 Å². The Hall–Kier alpha value is -2.14. The Morgan fingerprint density at radius 3 is 2.88 bits per heavy atom. The second kappa shape index (κ2) is 7.62. The largest absolute Gasteiger partial charge is 0.368 e. The SMILES string of the molecule is CCC(=O)NCCN1CCC(N2CCc3cncc4cccc2c34)CC1. The van der Waals surface area contributed by atoms with Gasteiger partial charge in [0.2, 0.25) is 5.91 Å². The molecule has 0 aliphatic carbocycles. The third kappa shape index (κ3) is 3.40. The topological polar surface area (TPSA) is 48.5 Å². The Labute approximate surface area is 155 Å². The van der Waals surface area contributed by atoms with E-state index >= 15 is 0 Å². The van der Waals surface area contributed by atoms with Crippen molar-refractivity contribution in [2.24, 2.45) is 0 Å². The van der Waals surface area contributed by atoms with Crippen molar-refractivity contribution in [3.05, 3.63) is 36.2 Å². The summed E-state index contributed by atoms with van der Waals surface area (Å²) in [6.45, 7) is 6.94. The van der Waals surface area contributed by atoms with E-state index < -0.39 is 0 Å². The predicted molar refractivity (Wildman–Crippen MR) is 106 cm³/mol. The number of likely N-dealkylation sites (tertiary alicyclic amines) is 1. The van der Waals surface area contributed by atoms with E-state index in [1.807, 2.05) is 19.3 Å². The Kier molecular flexibility index (Phi) is 5.07. The van der Waals surface area contributed by atoms with Crippen molar-refractivity contribution in [1.82, 2.24) is 15.2 Å². The molecule has 0 unspecified atom stereocenters. The summed E-state index contributed by atoms with van der Waals surface area (Å²) >= 11 is 0. The van der Waals surface area contributed by atoms with Crippen LogP contribution in [0.15, 0.2) is 30.6 Å². The second-order valence-corrected chi connectivity index (χ2v) is 7.39. The number of nitrogens with zero attached hydrogens (tertiary/aromatic N) is 3. The van der Waals surface area contributed by atoms with Crippen LogP contribution in [0, 0.1) is 0 Å².